The van der Waals surface area contributed by atoms with Crippen molar-refractivity contribution < 1.29 is 14.7 Å². The van der Waals surface area contributed by atoms with Gasteiger partial charge in [-0.25, -0.2) is 14.8 Å². The lowest BCUT2D eigenvalue weighted by molar-refractivity contribution is -0.119. The SMILES string of the molecule is CNC(=O)CN(C)c1ncc(C(=O)O)cn1. The molecule has 7 heteroatoms. The van der Waals surface area contributed by atoms with Gasteiger partial charge >= 0.3 is 5.97 Å². The van der Waals surface area contributed by atoms with E-state index in [1.54, 1.807) is 7.05 Å². The molecule has 0 bridgehead atoms. The number of hydrogen-bond acceptors (Lipinski definition) is 5. The largest absolute Gasteiger partial charge is 0.478 e. The minimum absolute atomic E-state index is 0.0112. The van der Waals surface area contributed by atoms with Crippen molar-refractivity contribution in [3.05, 3.63) is 18.0 Å². The minimum atomic E-state index is -1.08. The molecule has 7 nitrogen and oxygen atoms in total. The quantitative estimate of drug-likeness (QED) is 0.706. The summed E-state index contributed by atoms with van der Waals surface area (Å²) < 4.78 is 0. The van der Waals surface area contributed by atoms with E-state index in [0.29, 0.717) is 5.95 Å². The molecule has 0 aliphatic carbocycles. The van der Waals surface area contributed by atoms with Crippen LogP contribution in [0.1, 0.15) is 10.4 Å². The van der Waals surface area contributed by atoms with Crippen LogP contribution in [0.4, 0.5) is 5.95 Å². The molecule has 0 atom stereocenters. The average Bonchev–Trinajstić information content (AvgIpc) is 2.28. The highest BCUT2D eigenvalue weighted by atomic mass is 16.4. The van der Waals surface area contributed by atoms with E-state index < -0.39 is 5.97 Å². The number of carboxylic acids is 1. The predicted octanol–water partition coefficient (Wildman–Crippen LogP) is -0.643. The number of nitrogens with one attached hydrogen (secondary N) is 1. The third kappa shape index (κ3) is 2.91. The van der Waals surface area contributed by atoms with Crippen LogP contribution < -0.4 is 10.2 Å². The molecule has 1 rings (SSSR count). The summed E-state index contributed by atoms with van der Waals surface area (Å²) in [5.74, 6) is -0.956. The molecule has 0 aliphatic heterocycles. The first-order valence-corrected chi connectivity index (χ1v) is 4.51. The Labute approximate surface area is 92.1 Å². The zero-order valence-electron chi connectivity index (χ0n) is 8.97. The van der Waals surface area contributed by atoms with E-state index in [2.05, 4.69) is 15.3 Å². The van der Waals surface area contributed by atoms with E-state index in [1.807, 2.05) is 0 Å². The van der Waals surface area contributed by atoms with Crippen LogP contribution in [0.5, 0.6) is 0 Å². The van der Waals surface area contributed by atoms with Gasteiger partial charge in [-0.2, -0.15) is 0 Å². The lowest BCUT2D eigenvalue weighted by atomic mass is 10.3. The fourth-order valence-corrected chi connectivity index (χ4v) is 0.994. The predicted molar refractivity (Wildman–Crippen MR) is 56.3 cm³/mol. The van der Waals surface area contributed by atoms with Crippen molar-refractivity contribution in [3.8, 4) is 0 Å². The van der Waals surface area contributed by atoms with Gasteiger partial charge in [0.25, 0.3) is 0 Å². The summed E-state index contributed by atoms with van der Waals surface area (Å²) in [5.41, 5.74) is 0.0112. The highest BCUT2D eigenvalue weighted by molar-refractivity contribution is 5.86. The number of hydrogen-bond donors (Lipinski definition) is 2. The van der Waals surface area contributed by atoms with Gasteiger partial charge in [0.2, 0.25) is 11.9 Å². The highest BCUT2D eigenvalue weighted by Crippen LogP contribution is 2.04. The summed E-state index contributed by atoms with van der Waals surface area (Å²) in [5, 5.41) is 11.1. The van der Waals surface area contributed by atoms with Gasteiger partial charge in [0.15, 0.2) is 0 Å². The molecule has 0 unspecified atom stereocenters. The zero-order valence-corrected chi connectivity index (χ0v) is 8.97. The number of rotatable bonds is 4. The van der Waals surface area contributed by atoms with Gasteiger partial charge in [-0.1, -0.05) is 0 Å². The Hall–Kier alpha value is -2.18. The van der Waals surface area contributed by atoms with E-state index in [0.717, 1.165) is 0 Å². The number of carbonyl (C=O) groups is 2. The summed E-state index contributed by atoms with van der Waals surface area (Å²) in [4.78, 5) is 30.8. The number of nitrogens with zero attached hydrogens (tertiary/aromatic N) is 3. The number of carboxylic acid groups (broad SMARTS) is 1. The molecule has 1 aromatic rings. The fourth-order valence-electron chi connectivity index (χ4n) is 0.994. The van der Waals surface area contributed by atoms with Crippen LogP contribution in [-0.2, 0) is 4.79 Å². The van der Waals surface area contributed by atoms with Crippen LogP contribution >= 0.6 is 0 Å². The van der Waals surface area contributed by atoms with E-state index in [-0.39, 0.29) is 18.0 Å². The van der Waals surface area contributed by atoms with Gasteiger partial charge in [-0.05, 0) is 0 Å². The Balaban J connectivity index is 2.73. The maximum atomic E-state index is 11.1. The molecule has 1 amide bonds. The van der Waals surface area contributed by atoms with Crippen LogP contribution in [0.25, 0.3) is 0 Å². The first kappa shape index (κ1) is 11.9. The van der Waals surface area contributed by atoms with E-state index in [9.17, 15) is 9.59 Å². The molecule has 0 aliphatic rings. The molecule has 86 valence electrons. The zero-order chi connectivity index (χ0) is 12.1. The Morgan fingerprint density at radius 2 is 2.00 bits per heavy atom. The lowest BCUT2D eigenvalue weighted by Gasteiger charge is -2.15. The molecule has 2 N–H and O–H groups in total. The molecular formula is C9H12N4O3. The Morgan fingerprint density at radius 3 is 2.44 bits per heavy atom. The molecular weight excluding hydrogens is 212 g/mol. The van der Waals surface area contributed by atoms with E-state index >= 15 is 0 Å². The molecule has 0 fully saturated rings. The highest BCUT2D eigenvalue weighted by Gasteiger charge is 2.09. The Bertz CT molecular complexity index is 390. The number of aromatic carboxylic acids is 1. The Kier molecular flexibility index (Phi) is 3.76. The third-order valence-corrected chi connectivity index (χ3v) is 1.89. The summed E-state index contributed by atoms with van der Waals surface area (Å²) in [6.45, 7) is 0.114. The van der Waals surface area contributed by atoms with Crippen molar-refractivity contribution in [2.24, 2.45) is 0 Å². The number of aromatic nitrogens is 2. The van der Waals surface area contributed by atoms with Crippen molar-refractivity contribution in [2.45, 2.75) is 0 Å². The second-order valence-electron chi connectivity index (χ2n) is 3.11. The van der Waals surface area contributed by atoms with Crippen LogP contribution in [0, 0.1) is 0 Å². The van der Waals surface area contributed by atoms with Crippen molar-refractivity contribution >= 4 is 17.8 Å². The molecule has 16 heavy (non-hydrogen) atoms. The summed E-state index contributed by atoms with van der Waals surface area (Å²) in [6.07, 6.45) is 2.40. The Morgan fingerprint density at radius 1 is 1.44 bits per heavy atom. The number of anilines is 1. The van der Waals surface area contributed by atoms with Gasteiger partial charge in [0.1, 0.15) is 0 Å². The summed E-state index contributed by atoms with van der Waals surface area (Å²) in [7, 11) is 3.18. The van der Waals surface area contributed by atoms with Crippen molar-refractivity contribution in [1.29, 1.82) is 0 Å². The second kappa shape index (κ2) is 5.06. The first-order chi connectivity index (χ1) is 7.54. The van der Waals surface area contributed by atoms with Gasteiger partial charge in [0.05, 0.1) is 12.1 Å². The van der Waals surface area contributed by atoms with E-state index in [1.165, 1.54) is 24.3 Å². The summed E-state index contributed by atoms with van der Waals surface area (Å²) in [6, 6.07) is 0. The number of carbonyl (C=O) groups excluding carboxylic acids is 1. The minimum Gasteiger partial charge on any atom is -0.478 e. The second-order valence-corrected chi connectivity index (χ2v) is 3.11. The number of amides is 1. The molecule has 1 aromatic heterocycles. The van der Waals surface area contributed by atoms with Crippen LogP contribution in [-0.4, -0.2) is 47.6 Å². The normalized spacial score (nSPS) is 9.62. The van der Waals surface area contributed by atoms with Gasteiger partial charge in [-0.3, -0.25) is 4.79 Å². The van der Waals surface area contributed by atoms with E-state index in [4.69, 9.17) is 5.11 Å². The van der Waals surface area contributed by atoms with Crippen molar-refractivity contribution in [2.75, 3.05) is 25.5 Å². The number of likely N-dealkylation sites (N-methyl/N-ethyl adjacent to an activating group) is 2. The maximum Gasteiger partial charge on any atom is 0.338 e. The first-order valence-electron chi connectivity index (χ1n) is 4.51. The van der Waals surface area contributed by atoms with Gasteiger partial charge < -0.3 is 15.3 Å². The summed E-state index contributed by atoms with van der Waals surface area (Å²) >= 11 is 0. The molecule has 0 saturated heterocycles. The van der Waals surface area contributed by atoms with Gasteiger partial charge in [-0.15, -0.1) is 0 Å². The lowest BCUT2D eigenvalue weighted by Crippen LogP contribution is -2.33. The molecule has 0 spiro atoms. The fraction of sp³-hybridized carbons (Fsp3) is 0.333. The standard InChI is InChI=1S/C9H12N4O3/c1-10-7(14)5-13(2)9-11-3-6(4-12-9)8(15)16/h3-4H,5H2,1-2H3,(H,10,14)(H,15,16). The average molecular weight is 224 g/mol. The van der Waals surface area contributed by atoms with Crippen LogP contribution in [0.15, 0.2) is 12.4 Å². The van der Waals surface area contributed by atoms with Gasteiger partial charge in [0, 0.05) is 26.5 Å². The smallest absolute Gasteiger partial charge is 0.338 e. The monoisotopic (exact) mass is 224 g/mol. The molecule has 1 heterocycles. The topological polar surface area (TPSA) is 95.4 Å². The molecule has 0 saturated carbocycles. The van der Waals surface area contributed by atoms with Crippen molar-refractivity contribution in [1.82, 2.24) is 15.3 Å². The van der Waals surface area contributed by atoms with Crippen molar-refractivity contribution in [3.63, 3.8) is 0 Å². The maximum absolute atomic E-state index is 11.1. The molecule has 0 aromatic carbocycles. The molecule has 0 radical (unpaired) electrons. The van der Waals surface area contributed by atoms with Crippen LogP contribution in [0.3, 0.4) is 0 Å². The van der Waals surface area contributed by atoms with Crippen LogP contribution in [0.2, 0.25) is 0 Å². The third-order valence-electron chi connectivity index (χ3n) is 1.89.